The SMILES string of the molecule is CCCCCC/C=C\CCCCCCCC(=O)OCCCCCCCCCCC/C=C\C/C=C\CCCCCCCCCCCCCCCC(=O)NC(CO)C(O)/C=C/CCCCCCCCCCCCCCCCCC. The fourth-order valence-electron chi connectivity index (χ4n) is 10.5. The van der Waals surface area contributed by atoms with Crippen LogP contribution in [-0.2, 0) is 14.3 Å². The summed E-state index contributed by atoms with van der Waals surface area (Å²) in [6, 6.07) is -0.630. The van der Waals surface area contributed by atoms with E-state index in [1.54, 1.807) is 6.08 Å². The molecule has 0 aromatic carbocycles. The number of rotatable bonds is 64. The van der Waals surface area contributed by atoms with Crippen LogP contribution >= 0.6 is 0 Å². The van der Waals surface area contributed by atoms with Gasteiger partial charge in [0.15, 0.2) is 0 Å². The number of carbonyl (C=O) groups excluding carboxylic acids is 2. The molecule has 2 atom stereocenters. The number of ether oxygens (including phenoxy) is 1. The number of aliphatic hydroxyl groups is 2. The minimum atomic E-state index is -0.846. The maximum absolute atomic E-state index is 12.5. The molecular formula is C71H133NO5. The van der Waals surface area contributed by atoms with Gasteiger partial charge in [-0.25, -0.2) is 0 Å². The van der Waals surface area contributed by atoms with Crippen molar-refractivity contribution >= 4 is 11.9 Å². The summed E-state index contributed by atoms with van der Waals surface area (Å²) in [7, 11) is 0. The van der Waals surface area contributed by atoms with Gasteiger partial charge in [-0.3, -0.25) is 9.59 Å². The predicted molar refractivity (Wildman–Crippen MR) is 338 cm³/mol. The van der Waals surface area contributed by atoms with E-state index in [4.69, 9.17) is 4.74 Å². The van der Waals surface area contributed by atoms with E-state index in [9.17, 15) is 19.8 Å². The van der Waals surface area contributed by atoms with Gasteiger partial charge in [-0.05, 0) is 89.9 Å². The number of aliphatic hydroxyl groups excluding tert-OH is 2. The van der Waals surface area contributed by atoms with Crippen LogP contribution in [0.1, 0.15) is 367 Å². The molecule has 2 unspecified atom stereocenters. The van der Waals surface area contributed by atoms with Crippen molar-refractivity contribution in [1.82, 2.24) is 5.32 Å². The molecule has 0 rings (SSSR count). The lowest BCUT2D eigenvalue weighted by Crippen LogP contribution is -2.45. The molecular weight excluding hydrogens is 947 g/mol. The smallest absolute Gasteiger partial charge is 0.305 e. The van der Waals surface area contributed by atoms with Crippen LogP contribution in [0.5, 0.6) is 0 Å². The number of unbranched alkanes of at least 4 members (excludes halogenated alkanes) is 47. The number of allylic oxidation sites excluding steroid dienone is 7. The lowest BCUT2D eigenvalue weighted by atomic mass is 10.0. The van der Waals surface area contributed by atoms with E-state index in [0.717, 1.165) is 51.4 Å². The second-order valence-corrected chi connectivity index (χ2v) is 23.5. The van der Waals surface area contributed by atoms with Crippen LogP contribution in [0.3, 0.4) is 0 Å². The molecule has 0 aromatic heterocycles. The molecule has 452 valence electrons. The highest BCUT2D eigenvalue weighted by Gasteiger charge is 2.18. The third kappa shape index (κ3) is 62.9. The predicted octanol–water partition coefficient (Wildman–Crippen LogP) is 22.1. The summed E-state index contributed by atoms with van der Waals surface area (Å²) in [5.41, 5.74) is 0. The standard InChI is InChI=1S/C71H133NO5/c1-3-5-7-9-11-13-15-17-18-19-33-36-40-43-47-51-55-59-63-69(74)68(67-73)72-70(75)64-60-56-52-48-44-41-37-34-31-29-27-25-23-21-20-22-24-26-28-30-32-35-38-42-46-50-54-58-62-66-77-71(76)65-61-57-53-49-45-39-16-14-12-10-8-6-4-2/h14,16,20,22,26,28,59,63,68-69,73-74H,3-13,15,17-19,21,23-25,27,29-58,60-62,64-67H2,1-2H3,(H,72,75)/b16-14-,22-20-,28-26-,63-59+. The zero-order valence-electron chi connectivity index (χ0n) is 51.7. The fourth-order valence-corrected chi connectivity index (χ4v) is 10.5. The first-order valence-corrected chi connectivity index (χ1v) is 34.4. The second-order valence-electron chi connectivity index (χ2n) is 23.5. The monoisotopic (exact) mass is 1080 g/mol. The average molecular weight is 1080 g/mol. The number of carbonyl (C=O) groups is 2. The maximum atomic E-state index is 12.5. The van der Waals surface area contributed by atoms with E-state index in [1.807, 2.05) is 6.08 Å². The Hall–Kier alpha value is -2.18. The van der Waals surface area contributed by atoms with E-state index >= 15 is 0 Å². The van der Waals surface area contributed by atoms with Crippen molar-refractivity contribution < 1.29 is 24.5 Å². The molecule has 1 amide bonds. The minimum absolute atomic E-state index is 0.00237. The molecule has 0 radical (unpaired) electrons. The van der Waals surface area contributed by atoms with E-state index in [0.29, 0.717) is 19.4 Å². The third-order valence-electron chi connectivity index (χ3n) is 15.8. The summed E-state index contributed by atoms with van der Waals surface area (Å²) >= 11 is 0. The van der Waals surface area contributed by atoms with E-state index in [2.05, 4.69) is 55.6 Å². The van der Waals surface area contributed by atoms with E-state index in [-0.39, 0.29) is 18.5 Å². The molecule has 6 nitrogen and oxygen atoms in total. The molecule has 0 aromatic rings. The van der Waals surface area contributed by atoms with Gasteiger partial charge in [-0.15, -0.1) is 0 Å². The zero-order valence-corrected chi connectivity index (χ0v) is 51.7. The number of amides is 1. The summed E-state index contributed by atoms with van der Waals surface area (Å²) in [4.78, 5) is 24.5. The first kappa shape index (κ1) is 74.8. The number of esters is 1. The van der Waals surface area contributed by atoms with Gasteiger partial charge in [0.05, 0.1) is 25.4 Å². The largest absolute Gasteiger partial charge is 0.466 e. The van der Waals surface area contributed by atoms with Crippen molar-refractivity contribution in [2.75, 3.05) is 13.2 Å². The van der Waals surface area contributed by atoms with Crippen molar-refractivity contribution in [3.8, 4) is 0 Å². The van der Waals surface area contributed by atoms with Crippen molar-refractivity contribution in [3.05, 3.63) is 48.6 Å². The molecule has 0 aliphatic rings. The summed E-state index contributed by atoms with van der Waals surface area (Å²) in [5.74, 6) is -0.0643. The van der Waals surface area contributed by atoms with Crippen LogP contribution in [0, 0.1) is 0 Å². The molecule has 0 heterocycles. The van der Waals surface area contributed by atoms with Gasteiger partial charge in [0.2, 0.25) is 5.91 Å². The quantitative estimate of drug-likeness (QED) is 0.0320. The zero-order chi connectivity index (χ0) is 55.7. The first-order chi connectivity index (χ1) is 38.0. The Bertz CT molecular complexity index is 1290. The highest BCUT2D eigenvalue weighted by Crippen LogP contribution is 2.18. The van der Waals surface area contributed by atoms with Crippen LogP contribution in [0.25, 0.3) is 0 Å². The van der Waals surface area contributed by atoms with Crippen molar-refractivity contribution in [2.45, 2.75) is 379 Å². The molecule has 77 heavy (non-hydrogen) atoms. The topological polar surface area (TPSA) is 95.9 Å². The van der Waals surface area contributed by atoms with Gasteiger partial charge >= 0.3 is 5.97 Å². The maximum Gasteiger partial charge on any atom is 0.305 e. The van der Waals surface area contributed by atoms with E-state index < -0.39 is 12.1 Å². The summed E-state index contributed by atoms with van der Waals surface area (Å²) in [6.07, 6.45) is 86.1. The molecule has 0 aliphatic heterocycles. The average Bonchev–Trinajstić information content (AvgIpc) is 3.43. The molecule has 0 spiro atoms. The Labute approximate surface area is 480 Å². The molecule has 0 fully saturated rings. The van der Waals surface area contributed by atoms with Crippen molar-refractivity contribution in [1.29, 1.82) is 0 Å². The third-order valence-corrected chi connectivity index (χ3v) is 15.8. The second kappa shape index (κ2) is 66.3. The molecule has 3 N–H and O–H groups in total. The first-order valence-electron chi connectivity index (χ1n) is 34.4. The molecule has 0 saturated carbocycles. The summed E-state index contributed by atoms with van der Waals surface area (Å²) < 4.78 is 5.47. The summed E-state index contributed by atoms with van der Waals surface area (Å²) in [5, 5.41) is 23.2. The van der Waals surface area contributed by atoms with Crippen LogP contribution in [0.2, 0.25) is 0 Å². The Morgan fingerprint density at radius 2 is 0.649 bits per heavy atom. The Morgan fingerprint density at radius 3 is 1.01 bits per heavy atom. The number of hydrogen-bond donors (Lipinski definition) is 3. The Kier molecular flexibility index (Phi) is 64.5. The Balaban J connectivity index is 3.43. The van der Waals surface area contributed by atoms with E-state index in [1.165, 1.54) is 289 Å². The normalized spacial score (nSPS) is 12.8. The highest BCUT2D eigenvalue weighted by molar-refractivity contribution is 5.76. The van der Waals surface area contributed by atoms with Gasteiger partial charge in [0.25, 0.3) is 0 Å². The fraction of sp³-hybridized carbons (Fsp3) is 0.859. The van der Waals surface area contributed by atoms with Crippen molar-refractivity contribution in [3.63, 3.8) is 0 Å². The van der Waals surface area contributed by atoms with Gasteiger partial charge in [0.1, 0.15) is 0 Å². The Morgan fingerprint density at radius 1 is 0.364 bits per heavy atom. The summed E-state index contributed by atoms with van der Waals surface area (Å²) in [6.45, 7) is 4.90. The lowest BCUT2D eigenvalue weighted by Gasteiger charge is -2.20. The molecule has 0 saturated heterocycles. The van der Waals surface area contributed by atoms with Gasteiger partial charge in [0, 0.05) is 12.8 Å². The lowest BCUT2D eigenvalue weighted by molar-refractivity contribution is -0.143. The minimum Gasteiger partial charge on any atom is -0.466 e. The number of nitrogens with one attached hydrogen (secondary N) is 1. The molecule has 0 aliphatic carbocycles. The number of hydrogen-bond acceptors (Lipinski definition) is 5. The van der Waals surface area contributed by atoms with Crippen LogP contribution in [0.15, 0.2) is 48.6 Å². The van der Waals surface area contributed by atoms with Gasteiger partial charge in [-0.1, -0.05) is 313 Å². The highest BCUT2D eigenvalue weighted by atomic mass is 16.5. The molecule has 0 bridgehead atoms. The van der Waals surface area contributed by atoms with Gasteiger partial charge in [-0.2, -0.15) is 0 Å². The van der Waals surface area contributed by atoms with Crippen LogP contribution in [-0.4, -0.2) is 47.4 Å². The molecule has 6 heteroatoms. The van der Waals surface area contributed by atoms with Crippen LogP contribution in [0.4, 0.5) is 0 Å². The van der Waals surface area contributed by atoms with Crippen molar-refractivity contribution in [2.24, 2.45) is 0 Å². The van der Waals surface area contributed by atoms with Crippen LogP contribution < -0.4 is 5.32 Å². The van der Waals surface area contributed by atoms with Gasteiger partial charge < -0.3 is 20.3 Å².